The molecule has 1 aromatic carbocycles. The minimum atomic E-state index is -0.00272. The van der Waals surface area contributed by atoms with Crippen LogP contribution in [0.2, 0.25) is 0 Å². The molecule has 2 rings (SSSR count). The third-order valence-electron chi connectivity index (χ3n) is 2.88. The molecule has 0 atom stereocenters. The van der Waals surface area contributed by atoms with Crippen molar-refractivity contribution in [2.75, 3.05) is 25.5 Å². The lowest BCUT2D eigenvalue weighted by Crippen LogP contribution is -2.32. The van der Waals surface area contributed by atoms with E-state index in [2.05, 4.69) is 5.32 Å². The molecule has 1 aromatic rings. The quantitative estimate of drug-likeness (QED) is 0.872. The van der Waals surface area contributed by atoms with Crippen molar-refractivity contribution in [2.24, 2.45) is 0 Å². The van der Waals surface area contributed by atoms with E-state index in [-0.39, 0.29) is 6.03 Å². The Bertz CT molecular complexity index is 387. The van der Waals surface area contributed by atoms with Gasteiger partial charge in [0, 0.05) is 25.9 Å². The molecule has 0 aliphatic carbocycles. The van der Waals surface area contributed by atoms with Gasteiger partial charge in [-0.1, -0.05) is 12.1 Å². The highest BCUT2D eigenvalue weighted by molar-refractivity contribution is 5.89. The Kier molecular flexibility index (Phi) is 3.98. The summed E-state index contributed by atoms with van der Waals surface area (Å²) in [5.41, 5.74) is 1.89. The molecule has 0 unspecified atom stereocenters. The Morgan fingerprint density at radius 3 is 2.88 bits per heavy atom. The van der Waals surface area contributed by atoms with Crippen molar-refractivity contribution in [3.8, 4) is 0 Å². The van der Waals surface area contributed by atoms with Crippen molar-refractivity contribution in [3.63, 3.8) is 0 Å². The van der Waals surface area contributed by atoms with E-state index >= 15 is 0 Å². The molecule has 0 radical (unpaired) electrons. The number of anilines is 1. The van der Waals surface area contributed by atoms with Crippen LogP contribution in [0.3, 0.4) is 0 Å². The van der Waals surface area contributed by atoms with E-state index in [0.29, 0.717) is 6.61 Å². The number of methoxy groups -OCH3 is 1. The first-order valence-electron chi connectivity index (χ1n) is 5.93. The molecule has 2 amide bonds. The number of hydrogen-bond donors (Lipinski definition) is 1. The van der Waals surface area contributed by atoms with Crippen LogP contribution < -0.4 is 5.32 Å². The van der Waals surface area contributed by atoms with Gasteiger partial charge in [0.05, 0.1) is 6.61 Å². The van der Waals surface area contributed by atoms with E-state index in [1.54, 1.807) is 7.11 Å². The molecule has 4 nitrogen and oxygen atoms in total. The molecule has 17 heavy (non-hydrogen) atoms. The van der Waals surface area contributed by atoms with Crippen LogP contribution in [0.25, 0.3) is 0 Å². The van der Waals surface area contributed by atoms with Crippen molar-refractivity contribution >= 4 is 11.7 Å². The largest absolute Gasteiger partial charge is 0.380 e. The van der Waals surface area contributed by atoms with Crippen LogP contribution in [0.15, 0.2) is 24.3 Å². The van der Waals surface area contributed by atoms with Gasteiger partial charge in [-0.3, -0.25) is 0 Å². The van der Waals surface area contributed by atoms with Crippen LogP contribution in [0, 0.1) is 0 Å². The van der Waals surface area contributed by atoms with Crippen molar-refractivity contribution in [2.45, 2.75) is 19.4 Å². The first-order valence-corrected chi connectivity index (χ1v) is 5.93. The van der Waals surface area contributed by atoms with Gasteiger partial charge in [-0.05, 0) is 30.5 Å². The number of nitrogens with zero attached hydrogens (tertiary/aromatic N) is 1. The number of hydrogen-bond acceptors (Lipinski definition) is 2. The zero-order valence-corrected chi connectivity index (χ0v) is 10.1. The van der Waals surface area contributed by atoms with E-state index in [0.717, 1.165) is 37.2 Å². The second-order valence-corrected chi connectivity index (χ2v) is 4.26. The Labute approximate surface area is 102 Å². The highest BCUT2D eigenvalue weighted by Gasteiger charge is 2.17. The van der Waals surface area contributed by atoms with Crippen LogP contribution >= 0.6 is 0 Å². The average molecular weight is 234 g/mol. The fourth-order valence-electron chi connectivity index (χ4n) is 2.03. The summed E-state index contributed by atoms with van der Waals surface area (Å²) in [4.78, 5) is 13.7. The normalized spacial score (nSPS) is 15.0. The molecule has 1 fully saturated rings. The molecule has 4 heteroatoms. The number of ether oxygens (including phenoxy) is 1. The fraction of sp³-hybridized carbons (Fsp3) is 0.462. The number of carbonyl (C=O) groups is 1. The maximum Gasteiger partial charge on any atom is 0.321 e. The maximum atomic E-state index is 11.9. The minimum absolute atomic E-state index is 0.00272. The van der Waals surface area contributed by atoms with Crippen molar-refractivity contribution in [3.05, 3.63) is 29.8 Å². The molecular weight excluding hydrogens is 216 g/mol. The van der Waals surface area contributed by atoms with Gasteiger partial charge in [0.25, 0.3) is 0 Å². The van der Waals surface area contributed by atoms with Crippen LogP contribution in [-0.4, -0.2) is 31.1 Å². The van der Waals surface area contributed by atoms with Gasteiger partial charge in [-0.15, -0.1) is 0 Å². The highest BCUT2D eigenvalue weighted by atomic mass is 16.5. The summed E-state index contributed by atoms with van der Waals surface area (Å²) in [5, 5.41) is 2.91. The lowest BCUT2D eigenvalue weighted by molar-refractivity contribution is 0.185. The average Bonchev–Trinajstić information content (AvgIpc) is 2.83. The summed E-state index contributed by atoms with van der Waals surface area (Å²) in [6, 6.07) is 7.74. The number of benzene rings is 1. The van der Waals surface area contributed by atoms with Crippen LogP contribution in [0.4, 0.5) is 10.5 Å². The summed E-state index contributed by atoms with van der Waals surface area (Å²) in [5.74, 6) is 0. The van der Waals surface area contributed by atoms with Gasteiger partial charge in [-0.25, -0.2) is 4.79 Å². The van der Waals surface area contributed by atoms with Crippen molar-refractivity contribution in [1.29, 1.82) is 0 Å². The predicted molar refractivity (Wildman–Crippen MR) is 67.0 cm³/mol. The summed E-state index contributed by atoms with van der Waals surface area (Å²) in [7, 11) is 1.66. The smallest absolute Gasteiger partial charge is 0.321 e. The second-order valence-electron chi connectivity index (χ2n) is 4.26. The van der Waals surface area contributed by atoms with E-state index in [4.69, 9.17) is 4.74 Å². The number of likely N-dealkylation sites (tertiary alicyclic amines) is 1. The molecule has 92 valence electrons. The first kappa shape index (κ1) is 11.9. The summed E-state index contributed by atoms with van der Waals surface area (Å²) >= 11 is 0. The molecular formula is C13H18N2O2. The van der Waals surface area contributed by atoms with Crippen LogP contribution in [0.1, 0.15) is 18.4 Å². The third-order valence-corrected chi connectivity index (χ3v) is 2.88. The standard InChI is InChI=1S/C13H18N2O2/c1-17-10-11-5-4-6-12(9-11)14-13(16)15-7-2-3-8-15/h4-6,9H,2-3,7-8,10H2,1H3,(H,14,16). The predicted octanol–water partition coefficient (Wildman–Crippen LogP) is 2.46. The number of urea groups is 1. The van der Waals surface area contributed by atoms with E-state index in [1.807, 2.05) is 29.2 Å². The second kappa shape index (κ2) is 5.68. The molecule has 1 heterocycles. The van der Waals surface area contributed by atoms with E-state index in [1.165, 1.54) is 0 Å². The van der Waals surface area contributed by atoms with Gasteiger partial charge < -0.3 is 15.0 Å². The summed E-state index contributed by atoms with van der Waals surface area (Å²) < 4.78 is 5.06. The maximum absolute atomic E-state index is 11.9. The lowest BCUT2D eigenvalue weighted by atomic mass is 10.2. The molecule has 0 spiro atoms. The van der Waals surface area contributed by atoms with E-state index in [9.17, 15) is 4.79 Å². The van der Waals surface area contributed by atoms with Crippen molar-refractivity contribution in [1.82, 2.24) is 4.90 Å². The first-order chi connectivity index (χ1) is 8.29. The molecule has 0 saturated carbocycles. The fourth-order valence-corrected chi connectivity index (χ4v) is 2.03. The highest BCUT2D eigenvalue weighted by Crippen LogP contribution is 2.14. The SMILES string of the molecule is COCc1cccc(NC(=O)N2CCCC2)c1. The Morgan fingerprint density at radius 2 is 2.18 bits per heavy atom. The number of carbonyl (C=O) groups excluding carboxylic acids is 1. The Morgan fingerprint density at radius 1 is 1.41 bits per heavy atom. The summed E-state index contributed by atoms with van der Waals surface area (Å²) in [6.45, 7) is 2.29. The molecule has 0 aromatic heterocycles. The zero-order chi connectivity index (χ0) is 12.1. The number of rotatable bonds is 3. The monoisotopic (exact) mass is 234 g/mol. The molecule has 1 N–H and O–H groups in total. The molecule has 0 bridgehead atoms. The van der Waals surface area contributed by atoms with E-state index < -0.39 is 0 Å². The van der Waals surface area contributed by atoms with Gasteiger partial charge in [0.15, 0.2) is 0 Å². The van der Waals surface area contributed by atoms with Crippen LogP contribution in [0.5, 0.6) is 0 Å². The van der Waals surface area contributed by atoms with Gasteiger partial charge in [0.1, 0.15) is 0 Å². The van der Waals surface area contributed by atoms with Crippen LogP contribution in [-0.2, 0) is 11.3 Å². The number of amides is 2. The molecule has 1 saturated heterocycles. The minimum Gasteiger partial charge on any atom is -0.380 e. The third kappa shape index (κ3) is 3.20. The Hall–Kier alpha value is -1.55. The number of nitrogens with one attached hydrogen (secondary N) is 1. The van der Waals surface area contributed by atoms with Crippen molar-refractivity contribution < 1.29 is 9.53 Å². The molecule has 1 aliphatic rings. The van der Waals surface area contributed by atoms with Gasteiger partial charge in [0.2, 0.25) is 0 Å². The topological polar surface area (TPSA) is 41.6 Å². The lowest BCUT2D eigenvalue weighted by Gasteiger charge is -2.16. The van der Waals surface area contributed by atoms with Gasteiger partial charge in [-0.2, -0.15) is 0 Å². The molecule has 1 aliphatic heterocycles. The Balaban J connectivity index is 1.97. The zero-order valence-electron chi connectivity index (χ0n) is 10.1. The van der Waals surface area contributed by atoms with Gasteiger partial charge >= 0.3 is 6.03 Å². The summed E-state index contributed by atoms with van der Waals surface area (Å²) in [6.07, 6.45) is 2.22.